The molecule has 1 N–H and O–H groups in total. The second kappa shape index (κ2) is 8.71. The van der Waals surface area contributed by atoms with Gasteiger partial charge < -0.3 is 19.9 Å². The number of ether oxygens (including phenoxy) is 1. The number of carbonyl (C=O) groups excluding carboxylic acids is 1. The second-order valence-corrected chi connectivity index (χ2v) is 7.75. The molecule has 2 unspecified atom stereocenters. The summed E-state index contributed by atoms with van der Waals surface area (Å²) in [5.74, 6) is 0.974. The molecule has 1 aromatic rings. The molecule has 0 radical (unpaired) electrons. The summed E-state index contributed by atoms with van der Waals surface area (Å²) in [5.41, 5.74) is 1.02. The minimum Gasteiger partial charge on any atom is -0.372 e. The van der Waals surface area contributed by atoms with Crippen LogP contribution in [0.2, 0.25) is 0 Å². The van der Waals surface area contributed by atoms with Crippen LogP contribution in [0.4, 0.5) is 10.6 Å². The summed E-state index contributed by atoms with van der Waals surface area (Å²) in [6, 6.07) is 4.48. The first kappa shape index (κ1) is 19.0. The minimum absolute atomic E-state index is 0.0109. The molecule has 6 nitrogen and oxygen atoms in total. The number of hydrogen-bond acceptors (Lipinski definition) is 4. The maximum atomic E-state index is 12.4. The highest BCUT2D eigenvalue weighted by Gasteiger charge is 2.23. The third-order valence-electron chi connectivity index (χ3n) is 5.44. The second-order valence-electron chi connectivity index (χ2n) is 7.75. The molecule has 3 rings (SSSR count). The van der Waals surface area contributed by atoms with Crippen LogP contribution in [-0.4, -0.2) is 54.3 Å². The molecule has 6 heteroatoms. The van der Waals surface area contributed by atoms with Gasteiger partial charge in [-0.2, -0.15) is 0 Å². The predicted octanol–water partition coefficient (Wildman–Crippen LogP) is 3.17. The Labute approximate surface area is 156 Å². The van der Waals surface area contributed by atoms with Gasteiger partial charge in [-0.05, 0) is 38.3 Å². The van der Waals surface area contributed by atoms with Crippen molar-refractivity contribution in [2.75, 3.05) is 25.0 Å². The lowest BCUT2D eigenvalue weighted by molar-refractivity contribution is -0.00546. The number of amides is 2. The van der Waals surface area contributed by atoms with E-state index in [-0.39, 0.29) is 18.2 Å². The number of urea groups is 1. The Kier molecular flexibility index (Phi) is 6.35. The van der Waals surface area contributed by atoms with Crippen molar-refractivity contribution in [3.63, 3.8) is 0 Å². The summed E-state index contributed by atoms with van der Waals surface area (Å²) in [7, 11) is 1.91. The largest absolute Gasteiger partial charge is 0.372 e. The Morgan fingerprint density at radius 2 is 1.92 bits per heavy atom. The van der Waals surface area contributed by atoms with Gasteiger partial charge in [-0.25, -0.2) is 9.78 Å². The molecule has 1 aromatic heterocycles. The fraction of sp³-hybridized carbons (Fsp3) is 0.700. The van der Waals surface area contributed by atoms with E-state index in [0.717, 1.165) is 37.3 Å². The highest BCUT2D eigenvalue weighted by molar-refractivity contribution is 5.74. The molecule has 2 atom stereocenters. The summed E-state index contributed by atoms with van der Waals surface area (Å²) >= 11 is 0. The first-order valence-electron chi connectivity index (χ1n) is 9.89. The van der Waals surface area contributed by atoms with Gasteiger partial charge >= 0.3 is 6.03 Å². The van der Waals surface area contributed by atoms with E-state index in [0.29, 0.717) is 12.6 Å². The maximum absolute atomic E-state index is 12.4. The molecule has 26 heavy (non-hydrogen) atoms. The van der Waals surface area contributed by atoms with E-state index >= 15 is 0 Å². The van der Waals surface area contributed by atoms with Gasteiger partial charge in [-0.3, -0.25) is 0 Å². The molecule has 144 valence electrons. The molecule has 1 saturated carbocycles. The smallest absolute Gasteiger partial charge is 0.317 e. The number of anilines is 1. The van der Waals surface area contributed by atoms with Crippen LogP contribution in [0.3, 0.4) is 0 Å². The zero-order valence-electron chi connectivity index (χ0n) is 16.3. The minimum atomic E-state index is 0.0109. The average molecular weight is 361 g/mol. The van der Waals surface area contributed by atoms with Crippen molar-refractivity contribution in [2.24, 2.45) is 0 Å². The number of nitrogens with zero attached hydrogens (tertiary/aromatic N) is 3. The highest BCUT2D eigenvalue weighted by atomic mass is 16.5. The Morgan fingerprint density at radius 1 is 1.23 bits per heavy atom. The first-order valence-corrected chi connectivity index (χ1v) is 9.89. The Balaban J connectivity index is 1.50. The molecule has 2 aliphatic rings. The third-order valence-corrected chi connectivity index (χ3v) is 5.44. The highest BCUT2D eigenvalue weighted by Crippen LogP contribution is 2.22. The summed E-state index contributed by atoms with van der Waals surface area (Å²) in [6.45, 7) is 6.42. The van der Waals surface area contributed by atoms with Gasteiger partial charge in [0.05, 0.1) is 12.2 Å². The van der Waals surface area contributed by atoms with Crippen LogP contribution in [0.15, 0.2) is 18.3 Å². The van der Waals surface area contributed by atoms with Crippen LogP contribution in [0.1, 0.15) is 51.5 Å². The van der Waals surface area contributed by atoms with Crippen molar-refractivity contribution in [2.45, 2.75) is 70.7 Å². The first-order chi connectivity index (χ1) is 12.5. The monoisotopic (exact) mass is 360 g/mol. The van der Waals surface area contributed by atoms with Crippen molar-refractivity contribution in [3.05, 3.63) is 23.9 Å². The van der Waals surface area contributed by atoms with E-state index in [1.807, 2.05) is 30.3 Å². The van der Waals surface area contributed by atoms with E-state index < -0.39 is 0 Å². The lowest BCUT2D eigenvalue weighted by Gasteiger charge is -2.36. The summed E-state index contributed by atoms with van der Waals surface area (Å²) in [6.07, 6.45) is 8.29. The molecule has 1 aliphatic carbocycles. The van der Waals surface area contributed by atoms with Gasteiger partial charge in [0.2, 0.25) is 0 Å². The number of carbonyl (C=O) groups is 1. The third kappa shape index (κ3) is 4.87. The van der Waals surface area contributed by atoms with Crippen LogP contribution in [0.5, 0.6) is 0 Å². The van der Waals surface area contributed by atoms with Crippen LogP contribution >= 0.6 is 0 Å². The van der Waals surface area contributed by atoms with Gasteiger partial charge in [-0.15, -0.1) is 0 Å². The Hall–Kier alpha value is -1.82. The summed E-state index contributed by atoms with van der Waals surface area (Å²) < 4.78 is 5.78. The predicted molar refractivity (Wildman–Crippen MR) is 103 cm³/mol. The van der Waals surface area contributed by atoms with E-state index in [1.54, 1.807) is 0 Å². The molecule has 2 heterocycles. The fourth-order valence-corrected chi connectivity index (χ4v) is 4.01. The number of aromatic nitrogens is 1. The van der Waals surface area contributed by atoms with Crippen molar-refractivity contribution in [3.8, 4) is 0 Å². The quantitative estimate of drug-likeness (QED) is 0.896. The van der Waals surface area contributed by atoms with Gasteiger partial charge in [-0.1, -0.05) is 25.3 Å². The number of morpholine rings is 1. The van der Waals surface area contributed by atoms with Crippen LogP contribution in [0, 0.1) is 0 Å². The van der Waals surface area contributed by atoms with Gasteiger partial charge in [0.1, 0.15) is 5.82 Å². The molecular formula is C20H32N4O2. The average Bonchev–Trinajstić information content (AvgIpc) is 2.66. The lowest BCUT2D eigenvalue weighted by Crippen LogP contribution is -2.45. The number of pyridine rings is 1. The Morgan fingerprint density at radius 3 is 2.54 bits per heavy atom. The SMILES string of the molecule is CC1CN(c2ccc(CNC(=O)N(C)C3CCCCC3)cn2)CC(C)O1. The number of nitrogens with one attached hydrogen (secondary N) is 1. The molecule has 2 fully saturated rings. The van der Waals surface area contributed by atoms with E-state index in [2.05, 4.69) is 29.0 Å². The molecule has 0 bridgehead atoms. The van der Waals surface area contributed by atoms with Crippen molar-refractivity contribution >= 4 is 11.8 Å². The maximum Gasteiger partial charge on any atom is 0.317 e. The molecule has 0 spiro atoms. The van der Waals surface area contributed by atoms with Crippen LogP contribution in [0.25, 0.3) is 0 Å². The molecule has 1 aliphatic heterocycles. The van der Waals surface area contributed by atoms with Crippen molar-refractivity contribution in [1.29, 1.82) is 0 Å². The van der Waals surface area contributed by atoms with Gasteiger partial charge in [0.15, 0.2) is 0 Å². The van der Waals surface area contributed by atoms with E-state index in [4.69, 9.17) is 4.74 Å². The number of rotatable bonds is 4. The van der Waals surface area contributed by atoms with Gasteiger partial charge in [0.25, 0.3) is 0 Å². The topological polar surface area (TPSA) is 57.7 Å². The summed E-state index contributed by atoms with van der Waals surface area (Å²) in [5, 5.41) is 3.02. The van der Waals surface area contributed by atoms with E-state index in [1.165, 1.54) is 19.3 Å². The van der Waals surface area contributed by atoms with Crippen LogP contribution < -0.4 is 10.2 Å². The lowest BCUT2D eigenvalue weighted by atomic mass is 9.95. The van der Waals surface area contributed by atoms with Crippen LogP contribution in [-0.2, 0) is 11.3 Å². The zero-order chi connectivity index (χ0) is 18.5. The normalized spacial score (nSPS) is 24.3. The molecule has 2 amide bonds. The zero-order valence-corrected chi connectivity index (χ0v) is 16.3. The summed E-state index contributed by atoms with van der Waals surface area (Å²) in [4.78, 5) is 21.1. The molecular weight excluding hydrogens is 328 g/mol. The van der Waals surface area contributed by atoms with Crippen molar-refractivity contribution < 1.29 is 9.53 Å². The van der Waals surface area contributed by atoms with E-state index in [9.17, 15) is 4.79 Å². The Bertz CT molecular complexity index is 576. The van der Waals surface area contributed by atoms with Gasteiger partial charge in [0, 0.05) is 38.9 Å². The standard InChI is InChI=1S/C20H32N4O2/c1-15-13-24(14-16(2)26-15)19-10-9-17(11-21-19)12-22-20(25)23(3)18-7-5-4-6-8-18/h9-11,15-16,18H,4-8,12-14H2,1-3H3,(H,22,25). The molecule has 1 saturated heterocycles. The fourth-order valence-electron chi connectivity index (χ4n) is 4.01. The van der Waals surface area contributed by atoms with Crippen molar-refractivity contribution in [1.82, 2.24) is 15.2 Å². The molecule has 0 aromatic carbocycles. The number of hydrogen-bond donors (Lipinski definition) is 1.